The molecule has 1 amide bonds. The summed E-state index contributed by atoms with van der Waals surface area (Å²) in [7, 11) is 0. The molecule has 4 rings (SSSR count). The fourth-order valence-electron chi connectivity index (χ4n) is 3.89. The van der Waals surface area contributed by atoms with E-state index < -0.39 is 0 Å². The first kappa shape index (κ1) is 20.7. The average molecular weight is 429 g/mol. The van der Waals surface area contributed by atoms with Gasteiger partial charge in [-0.3, -0.25) is 9.59 Å². The zero-order chi connectivity index (χ0) is 20.9. The zero-order valence-corrected chi connectivity index (χ0v) is 17.5. The van der Waals surface area contributed by atoms with Gasteiger partial charge in [0.25, 0.3) is 0 Å². The number of hydrogen-bond donors (Lipinski definition) is 1. The number of halogens is 1. The molecule has 0 spiro atoms. The number of nitrogens with one attached hydrogen (secondary N) is 1. The van der Waals surface area contributed by atoms with Crippen LogP contribution in [0.1, 0.15) is 29.6 Å². The lowest BCUT2D eigenvalue weighted by molar-refractivity contribution is -0.116. The van der Waals surface area contributed by atoms with E-state index in [9.17, 15) is 9.59 Å². The lowest BCUT2D eigenvalue weighted by Crippen LogP contribution is -2.38. The van der Waals surface area contributed by atoms with Crippen molar-refractivity contribution in [3.8, 4) is 11.5 Å². The number of Topliss-reactive ketones (excluding diaryl/α,β-unsaturated/α-hetero) is 1. The van der Waals surface area contributed by atoms with Crippen molar-refractivity contribution < 1.29 is 19.1 Å². The van der Waals surface area contributed by atoms with Crippen molar-refractivity contribution in [1.29, 1.82) is 0 Å². The number of fused-ring (bicyclic) bond motifs is 1. The van der Waals surface area contributed by atoms with Crippen molar-refractivity contribution in [2.24, 2.45) is 5.92 Å². The van der Waals surface area contributed by atoms with Crippen molar-refractivity contribution in [3.05, 3.63) is 53.1 Å². The van der Waals surface area contributed by atoms with Gasteiger partial charge in [0.05, 0.1) is 10.7 Å². The van der Waals surface area contributed by atoms with Gasteiger partial charge in [-0.1, -0.05) is 23.7 Å². The second kappa shape index (κ2) is 9.49. The molecule has 6 nitrogen and oxygen atoms in total. The van der Waals surface area contributed by atoms with Crippen LogP contribution >= 0.6 is 11.6 Å². The normalized spacial score (nSPS) is 16.8. The zero-order valence-electron chi connectivity index (χ0n) is 16.7. The summed E-state index contributed by atoms with van der Waals surface area (Å²) in [6.07, 6.45) is 1.98. The second-order valence-electron chi connectivity index (χ2n) is 7.62. The fraction of sp³-hybridized carbons (Fsp3) is 0.391. The number of para-hydroxylation sites is 1. The van der Waals surface area contributed by atoms with Gasteiger partial charge in [-0.15, -0.1) is 0 Å². The highest BCUT2D eigenvalue weighted by atomic mass is 35.5. The molecule has 1 saturated heterocycles. The summed E-state index contributed by atoms with van der Waals surface area (Å²) in [5.41, 5.74) is 1.31. The van der Waals surface area contributed by atoms with Crippen LogP contribution in [0.3, 0.4) is 0 Å². The Balaban J connectivity index is 1.24. The molecule has 7 heteroatoms. The molecule has 0 aromatic heterocycles. The number of carbonyl (C=O) groups excluding carboxylic acids is 2. The van der Waals surface area contributed by atoms with Gasteiger partial charge in [0.1, 0.15) is 13.2 Å². The largest absolute Gasteiger partial charge is 0.486 e. The van der Waals surface area contributed by atoms with Crippen molar-refractivity contribution >= 4 is 29.0 Å². The van der Waals surface area contributed by atoms with Gasteiger partial charge in [-0.05, 0) is 56.3 Å². The van der Waals surface area contributed by atoms with Gasteiger partial charge in [0, 0.05) is 24.4 Å². The van der Waals surface area contributed by atoms with E-state index in [1.807, 2.05) is 24.3 Å². The minimum absolute atomic E-state index is 0.000704. The van der Waals surface area contributed by atoms with E-state index in [1.54, 1.807) is 18.2 Å². The highest BCUT2D eigenvalue weighted by Gasteiger charge is 2.27. The Kier molecular flexibility index (Phi) is 6.55. The third kappa shape index (κ3) is 4.94. The monoisotopic (exact) mass is 428 g/mol. The van der Waals surface area contributed by atoms with E-state index in [-0.39, 0.29) is 17.6 Å². The molecule has 2 aromatic carbocycles. The van der Waals surface area contributed by atoms with Crippen LogP contribution in [0, 0.1) is 5.92 Å². The van der Waals surface area contributed by atoms with E-state index in [2.05, 4.69) is 10.2 Å². The number of carbonyl (C=O) groups is 2. The predicted molar refractivity (Wildman–Crippen MR) is 116 cm³/mol. The van der Waals surface area contributed by atoms with Crippen LogP contribution in [0.15, 0.2) is 42.5 Å². The second-order valence-corrected chi connectivity index (χ2v) is 8.02. The molecule has 0 bridgehead atoms. The summed E-state index contributed by atoms with van der Waals surface area (Å²) in [4.78, 5) is 27.3. The number of ketones is 1. The number of piperidine rings is 1. The van der Waals surface area contributed by atoms with E-state index >= 15 is 0 Å². The Morgan fingerprint density at radius 3 is 2.53 bits per heavy atom. The van der Waals surface area contributed by atoms with Crippen molar-refractivity contribution in [1.82, 2.24) is 4.90 Å². The third-order valence-electron chi connectivity index (χ3n) is 5.59. The molecule has 0 aliphatic carbocycles. The van der Waals surface area contributed by atoms with Gasteiger partial charge in [-0.25, -0.2) is 0 Å². The maximum atomic E-state index is 12.9. The summed E-state index contributed by atoms with van der Waals surface area (Å²) in [6, 6.07) is 12.6. The Labute approximate surface area is 181 Å². The van der Waals surface area contributed by atoms with Crippen LogP contribution in [0.2, 0.25) is 5.02 Å². The molecule has 2 aromatic rings. The smallest absolute Gasteiger partial charge is 0.225 e. The maximum absolute atomic E-state index is 12.9. The average Bonchev–Trinajstić information content (AvgIpc) is 2.79. The first-order valence-electron chi connectivity index (χ1n) is 10.3. The van der Waals surface area contributed by atoms with Crippen molar-refractivity contribution in [2.45, 2.75) is 19.3 Å². The number of hydrogen-bond acceptors (Lipinski definition) is 5. The Hall–Kier alpha value is -2.57. The van der Waals surface area contributed by atoms with Gasteiger partial charge < -0.3 is 19.7 Å². The van der Waals surface area contributed by atoms with E-state index in [1.165, 1.54) is 0 Å². The Morgan fingerprint density at radius 1 is 1.03 bits per heavy atom. The number of rotatable bonds is 6. The minimum Gasteiger partial charge on any atom is -0.486 e. The van der Waals surface area contributed by atoms with E-state index in [0.29, 0.717) is 54.0 Å². The van der Waals surface area contributed by atoms with Gasteiger partial charge in [-0.2, -0.15) is 0 Å². The summed E-state index contributed by atoms with van der Waals surface area (Å²) < 4.78 is 11.1. The summed E-state index contributed by atoms with van der Waals surface area (Å²) in [5.74, 6) is 1.44. The van der Waals surface area contributed by atoms with Crippen LogP contribution in [-0.4, -0.2) is 49.4 Å². The molecule has 2 aliphatic heterocycles. The minimum atomic E-state index is -0.0578. The summed E-state index contributed by atoms with van der Waals surface area (Å²) >= 11 is 6.08. The first-order valence-corrected chi connectivity index (χ1v) is 10.7. The Bertz CT molecular complexity index is 925. The molecule has 158 valence electrons. The lowest BCUT2D eigenvalue weighted by atomic mass is 9.88. The highest BCUT2D eigenvalue weighted by Crippen LogP contribution is 2.32. The molecular weight excluding hydrogens is 404 g/mol. The molecule has 2 aliphatic rings. The fourth-order valence-corrected chi connectivity index (χ4v) is 4.07. The molecule has 1 N–H and O–H groups in total. The van der Waals surface area contributed by atoms with Crippen LogP contribution < -0.4 is 14.8 Å². The number of benzene rings is 2. The Morgan fingerprint density at radius 2 is 1.77 bits per heavy atom. The molecular formula is C23H25ClN2O4. The third-order valence-corrected chi connectivity index (χ3v) is 5.92. The van der Waals surface area contributed by atoms with Gasteiger partial charge >= 0.3 is 0 Å². The topological polar surface area (TPSA) is 67.9 Å². The number of likely N-dealkylation sites (tertiary alicyclic amines) is 1. The van der Waals surface area contributed by atoms with E-state index in [0.717, 1.165) is 25.9 Å². The molecule has 0 atom stereocenters. The van der Waals surface area contributed by atoms with Crippen molar-refractivity contribution in [3.63, 3.8) is 0 Å². The van der Waals surface area contributed by atoms with Gasteiger partial charge in [0.15, 0.2) is 17.3 Å². The van der Waals surface area contributed by atoms with Crippen LogP contribution in [-0.2, 0) is 4.79 Å². The molecule has 0 unspecified atom stereocenters. The number of anilines is 1. The quantitative estimate of drug-likeness (QED) is 0.703. The highest BCUT2D eigenvalue weighted by molar-refractivity contribution is 6.33. The number of nitrogens with zero attached hydrogens (tertiary/aromatic N) is 1. The van der Waals surface area contributed by atoms with Gasteiger partial charge in [0.2, 0.25) is 5.91 Å². The van der Waals surface area contributed by atoms with Crippen LogP contribution in [0.4, 0.5) is 5.69 Å². The van der Waals surface area contributed by atoms with E-state index in [4.69, 9.17) is 21.1 Å². The standard InChI is InChI=1S/C23H25ClN2O4/c24-18-3-1-2-4-19(18)25-22(27)9-12-26-10-7-16(8-11-26)23(28)17-5-6-20-21(15-17)30-14-13-29-20/h1-6,15-16H,7-14H2,(H,25,27). The summed E-state index contributed by atoms with van der Waals surface area (Å²) in [6.45, 7) is 3.32. The molecule has 0 radical (unpaired) electrons. The SMILES string of the molecule is O=C(CCN1CCC(C(=O)c2ccc3c(c2)OCCO3)CC1)Nc1ccccc1Cl. The van der Waals surface area contributed by atoms with Crippen LogP contribution in [0.25, 0.3) is 0 Å². The number of ether oxygens (including phenoxy) is 2. The predicted octanol–water partition coefficient (Wildman–Crippen LogP) is 4.03. The first-order chi connectivity index (χ1) is 14.6. The molecule has 0 saturated carbocycles. The molecule has 1 fully saturated rings. The van der Waals surface area contributed by atoms with Crippen LogP contribution in [0.5, 0.6) is 11.5 Å². The maximum Gasteiger partial charge on any atom is 0.225 e. The molecule has 30 heavy (non-hydrogen) atoms. The van der Waals surface area contributed by atoms with Crippen molar-refractivity contribution in [2.75, 3.05) is 38.2 Å². The number of amides is 1. The lowest BCUT2D eigenvalue weighted by Gasteiger charge is -2.31. The summed E-state index contributed by atoms with van der Waals surface area (Å²) in [5, 5.41) is 3.38. The molecule has 2 heterocycles.